The van der Waals surface area contributed by atoms with Gasteiger partial charge in [0.15, 0.2) is 5.82 Å². The average molecular weight is 261 g/mol. The average Bonchev–Trinajstić information content (AvgIpc) is 2.85. The van der Waals surface area contributed by atoms with E-state index < -0.39 is 0 Å². The fourth-order valence-corrected chi connectivity index (χ4v) is 2.04. The molecule has 0 radical (unpaired) electrons. The first-order chi connectivity index (χ1) is 9.11. The lowest BCUT2D eigenvalue weighted by atomic mass is 10.1. The maximum atomic E-state index is 5.15. The Labute approximate surface area is 112 Å². The second kappa shape index (κ2) is 5.79. The molecule has 102 valence electrons. The summed E-state index contributed by atoms with van der Waals surface area (Å²) in [6, 6.07) is 8.31. The van der Waals surface area contributed by atoms with Gasteiger partial charge in [0.1, 0.15) is 5.75 Å². The van der Waals surface area contributed by atoms with Gasteiger partial charge in [-0.3, -0.25) is 0 Å². The molecule has 0 aliphatic heterocycles. The molecule has 0 saturated carbocycles. The van der Waals surface area contributed by atoms with Crippen LogP contribution in [0.4, 0.5) is 0 Å². The molecular formula is C13H19N5O. The van der Waals surface area contributed by atoms with E-state index >= 15 is 0 Å². The third kappa shape index (κ3) is 3.08. The molecule has 2 aromatic rings. The van der Waals surface area contributed by atoms with Gasteiger partial charge >= 0.3 is 0 Å². The van der Waals surface area contributed by atoms with Crippen molar-refractivity contribution in [3.63, 3.8) is 0 Å². The van der Waals surface area contributed by atoms with Crippen molar-refractivity contribution in [2.45, 2.75) is 25.9 Å². The predicted molar refractivity (Wildman–Crippen MR) is 71.8 cm³/mol. The van der Waals surface area contributed by atoms with Crippen molar-refractivity contribution in [3.05, 3.63) is 35.7 Å². The molecule has 0 bridgehead atoms. The smallest absolute Gasteiger partial charge is 0.167 e. The molecule has 2 rings (SSSR count). The third-order valence-corrected chi connectivity index (χ3v) is 3.16. The van der Waals surface area contributed by atoms with Gasteiger partial charge in [-0.05, 0) is 42.0 Å². The summed E-state index contributed by atoms with van der Waals surface area (Å²) in [4.78, 5) is 0. The van der Waals surface area contributed by atoms with Gasteiger partial charge in [-0.2, -0.15) is 0 Å². The van der Waals surface area contributed by atoms with Crippen molar-refractivity contribution in [1.29, 1.82) is 0 Å². The van der Waals surface area contributed by atoms with E-state index in [1.54, 1.807) is 11.8 Å². The first-order valence-corrected chi connectivity index (χ1v) is 6.24. The number of hydrogen-bond acceptors (Lipinski definition) is 5. The second-order valence-electron chi connectivity index (χ2n) is 4.54. The molecule has 0 amide bonds. The molecule has 0 aliphatic carbocycles. The fraction of sp³-hybridized carbons (Fsp3) is 0.462. The van der Waals surface area contributed by atoms with Crippen molar-refractivity contribution < 1.29 is 4.74 Å². The highest BCUT2D eigenvalue weighted by Gasteiger charge is 2.15. The molecule has 0 saturated heterocycles. The zero-order valence-electron chi connectivity index (χ0n) is 11.7. The predicted octanol–water partition coefficient (Wildman–Crippen LogP) is 1.63. The van der Waals surface area contributed by atoms with Crippen molar-refractivity contribution in [1.82, 2.24) is 25.5 Å². The minimum Gasteiger partial charge on any atom is -0.497 e. The molecule has 19 heavy (non-hydrogen) atoms. The maximum Gasteiger partial charge on any atom is 0.167 e. The monoisotopic (exact) mass is 261 g/mol. The third-order valence-electron chi connectivity index (χ3n) is 3.16. The van der Waals surface area contributed by atoms with E-state index in [2.05, 4.69) is 39.9 Å². The Morgan fingerprint density at radius 1 is 1.16 bits per heavy atom. The standard InChI is InChI=1S/C13H19N5O/c1-9(11-5-7-12(19-4)8-6-11)14-10(2)13-15-16-17-18(13)3/h5-10,14H,1-4H3/t9-,10+/m1/s1. The highest BCUT2D eigenvalue weighted by molar-refractivity contribution is 5.28. The van der Waals surface area contributed by atoms with Crippen molar-refractivity contribution in [2.24, 2.45) is 7.05 Å². The van der Waals surface area contributed by atoms with E-state index in [9.17, 15) is 0 Å². The van der Waals surface area contributed by atoms with Crippen LogP contribution < -0.4 is 10.1 Å². The summed E-state index contributed by atoms with van der Waals surface area (Å²) in [6.07, 6.45) is 0. The lowest BCUT2D eigenvalue weighted by Crippen LogP contribution is -2.24. The van der Waals surface area contributed by atoms with Crippen LogP contribution in [0.25, 0.3) is 0 Å². The Bertz CT molecular complexity index is 522. The van der Waals surface area contributed by atoms with Crippen LogP contribution in [0.5, 0.6) is 5.75 Å². The van der Waals surface area contributed by atoms with E-state index in [0.29, 0.717) is 0 Å². The van der Waals surface area contributed by atoms with Gasteiger partial charge in [-0.15, -0.1) is 5.10 Å². The van der Waals surface area contributed by atoms with Gasteiger partial charge in [-0.1, -0.05) is 12.1 Å². The van der Waals surface area contributed by atoms with Gasteiger partial charge in [0.05, 0.1) is 13.2 Å². The quantitative estimate of drug-likeness (QED) is 0.886. The molecule has 0 unspecified atom stereocenters. The van der Waals surface area contributed by atoms with Crippen LogP contribution >= 0.6 is 0 Å². The first-order valence-electron chi connectivity index (χ1n) is 6.24. The summed E-state index contributed by atoms with van der Waals surface area (Å²) in [5.41, 5.74) is 1.20. The SMILES string of the molecule is COc1ccc([C@@H](C)N[C@@H](C)c2nnnn2C)cc1. The minimum absolute atomic E-state index is 0.0806. The second-order valence-corrected chi connectivity index (χ2v) is 4.54. The molecule has 1 N–H and O–H groups in total. The number of ether oxygens (including phenoxy) is 1. The molecule has 2 atom stereocenters. The Hall–Kier alpha value is -1.95. The van der Waals surface area contributed by atoms with Gasteiger partial charge in [0, 0.05) is 13.1 Å². The molecular weight excluding hydrogens is 242 g/mol. The molecule has 0 spiro atoms. The summed E-state index contributed by atoms with van der Waals surface area (Å²) in [5.74, 6) is 1.68. The van der Waals surface area contributed by atoms with E-state index in [1.165, 1.54) is 5.56 Å². The van der Waals surface area contributed by atoms with Crippen molar-refractivity contribution in [2.75, 3.05) is 7.11 Å². The normalized spacial score (nSPS) is 14.1. The summed E-state index contributed by atoms with van der Waals surface area (Å²) >= 11 is 0. The summed E-state index contributed by atoms with van der Waals surface area (Å²) in [5, 5.41) is 15.0. The van der Waals surface area contributed by atoms with Gasteiger partial charge in [-0.25, -0.2) is 4.68 Å². The number of benzene rings is 1. The molecule has 0 fully saturated rings. The lowest BCUT2D eigenvalue weighted by molar-refractivity contribution is 0.414. The van der Waals surface area contributed by atoms with E-state index in [0.717, 1.165) is 11.6 Å². The van der Waals surface area contributed by atoms with Crippen LogP contribution in [0, 0.1) is 0 Å². The summed E-state index contributed by atoms with van der Waals surface area (Å²) in [7, 11) is 3.51. The van der Waals surface area contributed by atoms with Crippen LogP contribution in [0.2, 0.25) is 0 Å². The largest absolute Gasteiger partial charge is 0.497 e. The number of rotatable bonds is 5. The molecule has 6 heteroatoms. The number of aromatic nitrogens is 4. The Morgan fingerprint density at radius 2 is 1.84 bits per heavy atom. The fourth-order valence-electron chi connectivity index (χ4n) is 2.04. The number of aryl methyl sites for hydroxylation is 1. The number of methoxy groups -OCH3 is 1. The molecule has 1 aromatic carbocycles. The zero-order chi connectivity index (χ0) is 13.8. The van der Waals surface area contributed by atoms with E-state index in [4.69, 9.17) is 4.74 Å². The van der Waals surface area contributed by atoms with E-state index in [-0.39, 0.29) is 12.1 Å². The highest BCUT2D eigenvalue weighted by atomic mass is 16.5. The minimum atomic E-state index is 0.0806. The lowest BCUT2D eigenvalue weighted by Gasteiger charge is -2.19. The number of nitrogens with zero attached hydrogens (tertiary/aromatic N) is 4. The molecule has 6 nitrogen and oxygen atoms in total. The Balaban J connectivity index is 2.04. The Kier molecular flexibility index (Phi) is 4.11. The Morgan fingerprint density at radius 3 is 2.37 bits per heavy atom. The van der Waals surface area contributed by atoms with Gasteiger partial charge in [0.25, 0.3) is 0 Å². The topological polar surface area (TPSA) is 64.9 Å². The van der Waals surface area contributed by atoms with Crippen molar-refractivity contribution >= 4 is 0 Å². The zero-order valence-corrected chi connectivity index (χ0v) is 11.7. The van der Waals surface area contributed by atoms with Crippen LogP contribution in [-0.4, -0.2) is 27.3 Å². The van der Waals surface area contributed by atoms with Gasteiger partial charge < -0.3 is 10.1 Å². The first kappa shape index (κ1) is 13.5. The summed E-state index contributed by atoms with van der Waals surface area (Å²) in [6.45, 7) is 4.16. The van der Waals surface area contributed by atoms with Crippen LogP contribution in [0.15, 0.2) is 24.3 Å². The number of nitrogens with one attached hydrogen (secondary N) is 1. The van der Waals surface area contributed by atoms with Gasteiger partial charge in [0.2, 0.25) is 0 Å². The van der Waals surface area contributed by atoms with Crippen LogP contribution in [0.3, 0.4) is 0 Å². The van der Waals surface area contributed by atoms with Crippen LogP contribution in [-0.2, 0) is 7.05 Å². The number of tetrazole rings is 1. The van der Waals surface area contributed by atoms with Crippen LogP contribution in [0.1, 0.15) is 37.3 Å². The molecule has 0 aliphatic rings. The highest BCUT2D eigenvalue weighted by Crippen LogP contribution is 2.20. The van der Waals surface area contributed by atoms with Crippen molar-refractivity contribution in [3.8, 4) is 5.75 Å². The summed E-state index contributed by atoms with van der Waals surface area (Å²) < 4.78 is 6.83. The molecule has 1 heterocycles. The molecule has 1 aromatic heterocycles. The van der Waals surface area contributed by atoms with E-state index in [1.807, 2.05) is 26.1 Å². The maximum absolute atomic E-state index is 5.15. The number of hydrogen-bond donors (Lipinski definition) is 1.